The number of nitrogens with zero attached hydrogens (tertiary/aromatic N) is 1. The van der Waals surface area contributed by atoms with E-state index in [2.05, 4.69) is 13.0 Å². The number of nitrogens with two attached hydrogens (primary N) is 1. The largest absolute Gasteiger partial charge is 0.496 e. The number of aryl methyl sites for hydroxylation is 1. The van der Waals surface area contributed by atoms with Crippen LogP contribution >= 0.6 is 0 Å². The second kappa shape index (κ2) is 7.01. The number of carbonyl (C=O) groups is 1. The van der Waals surface area contributed by atoms with Crippen molar-refractivity contribution >= 4 is 5.91 Å². The Labute approximate surface area is 109 Å². The normalized spacial score (nSPS) is 10.2. The summed E-state index contributed by atoms with van der Waals surface area (Å²) < 4.78 is 5.33. The lowest BCUT2D eigenvalue weighted by Gasteiger charge is -2.21. The number of hydrogen-bond acceptors (Lipinski definition) is 3. The zero-order valence-corrected chi connectivity index (χ0v) is 11.4. The van der Waals surface area contributed by atoms with Crippen LogP contribution in [-0.2, 0) is 17.8 Å². The topological polar surface area (TPSA) is 55.6 Å². The Bertz CT molecular complexity index is 405. The molecule has 0 bridgehead atoms. The fraction of sp³-hybridized carbons (Fsp3) is 0.500. The number of methoxy groups -OCH3 is 1. The molecule has 0 aliphatic rings. The highest BCUT2D eigenvalue weighted by atomic mass is 16.5. The van der Waals surface area contributed by atoms with Gasteiger partial charge in [-0.2, -0.15) is 0 Å². The summed E-state index contributed by atoms with van der Waals surface area (Å²) in [6.07, 6.45) is 0.966. The van der Waals surface area contributed by atoms with Crippen molar-refractivity contribution in [2.24, 2.45) is 5.73 Å². The molecule has 0 spiro atoms. The summed E-state index contributed by atoms with van der Waals surface area (Å²) in [5, 5.41) is 0. The summed E-state index contributed by atoms with van der Waals surface area (Å²) in [6.45, 7) is 5.29. The second-order valence-corrected chi connectivity index (χ2v) is 4.11. The molecular formula is C14H22N2O2. The van der Waals surface area contributed by atoms with Gasteiger partial charge in [0.2, 0.25) is 5.91 Å². The highest BCUT2D eigenvalue weighted by molar-refractivity contribution is 5.78. The molecule has 1 aromatic carbocycles. The van der Waals surface area contributed by atoms with Crippen molar-refractivity contribution in [3.63, 3.8) is 0 Å². The van der Waals surface area contributed by atoms with Gasteiger partial charge >= 0.3 is 0 Å². The Hall–Kier alpha value is -1.55. The van der Waals surface area contributed by atoms with E-state index in [1.54, 1.807) is 12.0 Å². The fourth-order valence-electron chi connectivity index (χ4n) is 1.89. The van der Waals surface area contributed by atoms with Crippen molar-refractivity contribution in [1.82, 2.24) is 4.90 Å². The number of benzene rings is 1. The number of likely N-dealkylation sites (N-methyl/N-ethyl adjacent to an activating group) is 1. The zero-order valence-electron chi connectivity index (χ0n) is 11.4. The summed E-state index contributed by atoms with van der Waals surface area (Å²) >= 11 is 0. The number of rotatable bonds is 6. The van der Waals surface area contributed by atoms with Gasteiger partial charge in [0, 0.05) is 18.7 Å². The predicted molar refractivity (Wildman–Crippen MR) is 72.5 cm³/mol. The molecule has 2 N–H and O–H groups in total. The van der Waals surface area contributed by atoms with Crippen LogP contribution < -0.4 is 10.5 Å². The number of amides is 1. The molecule has 100 valence electrons. The molecule has 0 fully saturated rings. The number of hydrogen-bond donors (Lipinski definition) is 1. The first-order valence-electron chi connectivity index (χ1n) is 6.29. The van der Waals surface area contributed by atoms with Gasteiger partial charge in [-0.3, -0.25) is 4.79 Å². The quantitative estimate of drug-likeness (QED) is 0.833. The monoisotopic (exact) mass is 250 g/mol. The Morgan fingerprint density at radius 3 is 2.61 bits per heavy atom. The van der Waals surface area contributed by atoms with E-state index < -0.39 is 0 Å². The molecule has 1 aromatic rings. The zero-order chi connectivity index (χ0) is 13.5. The van der Waals surface area contributed by atoms with E-state index in [0.717, 1.165) is 17.7 Å². The van der Waals surface area contributed by atoms with Gasteiger partial charge in [0.15, 0.2) is 0 Å². The molecule has 1 amide bonds. The maximum Gasteiger partial charge on any atom is 0.236 e. The van der Waals surface area contributed by atoms with Crippen LogP contribution in [0.3, 0.4) is 0 Å². The van der Waals surface area contributed by atoms with Gasteiger partial charge in [0.05, 0.1) is 13.7 Å². The third-order valence-corrected chi connectivity index (χ3v) is 3.02. The van der Waals surface area contributed by atoms with Crippen LogP contribution in [0.1, 0.15) is 25.0 Å². The lowest BCUT2D eigenvalue weighted by Crippen LogP contribution is -2.35. The van der Waals surface area contributed by atoms with Gasteiger partial charge in [0.25, 0.3) is 0 Å². The molecule has 4 nitrogen and oxygen atoms in total. The highest BCUT2D eigenvalue weighted by Crippen LogP contribution is 2.22. The smallest absolute Gasteiger partial charge is 0.236 e. The van der Waals surface area contributed by atoms with Gasteiger partial charge in [-0.1, -0.05) is 19.1 Å². The third kappa shape index (κ3) is 3.47. The fourth-order valence-corrected chi connectivity index (χ4v) is 1.89. The maximum absolute atomic E-state index is 11.7. The molecule has 0 heterocycles. The van der Waals surface area contributed by atoms with Crippen molar-refractivity contribution in [3.8, 4) is 5.75 Å². The molecular weight excluding hydrogens is 228 g/mol. The summed E-state index contributed by atoms with van der Waals surface area (Å²) in [4.78, 5) is 13.4. The van der Waals surface area contributed by atoms with Crippen LogP contribution in [0.5, 0.6) is 5.75 Å². The summed E-state index contributed by atoms with van der Waals surface area (Å²) in [6, 6.07) is 6.09. The van der Waals surface area contributed by atoms with E-state index >= 15 is 0 Å². The standard InChI is InChI=1S/C14H22N2O2/c1-4-11-6-7-13(18-3)12(8-11)10-16(5-2)14(17)9-15/h6-8H,4-5,9-10,15H2,1-3H3. The van der Waals surface area contributed by atoms with Crippen molar-refractivity contribution in [1.29, 1.82) is 0 Å². The van der Waals surface area contributed by atoms with Crippen LogP contribution in [0.4, 0.5) is 0 Å². The van der Waals surface area contributed by atoms with E-state index in [4.69, 9.17) is 10.5 Å². The minimum Gasteiger partial charge on any atom is -0.496 e. The Balaban J connectivity index is 2.96. The molecule has 4 heteroatoms. The Kier molecular flexibility index (Phi) is 5.65. The highest BCUT2D eigenvalue weighted by Gasteiger charge is 2.13. The van der Waals surface area contributed by atoms with Crippen LogP contribution in [-0.4, -0.2) is 31.0 Å². The molecule has 18 heavy (non-hydrogen) atoms. The van der Waals surface area contributed by atoms with Crippen LogP contribution in [0, 0.1) is 0 Å². The van der Waals surface area contributed by atoms with Gasteiger partial charge < -0.3 is 15.4 Å². The summed E-state index contributed by atoms with van der Waals surface area (Å²) in [7, 11) is 1.64. The van der Waals surface area contributed by atoms with Crippen LogP contribution in [0.15, 0.2) is 18.2 Å². The number of carbonyl (C=O) groups excluding carboxylic acids is 1. The average Bonchev–Trinajstić information content (AvgIpc) is 2.43. The Morgan fingerprint density at radius 2 is 2.11 bits per heavy atom. The van der Waals surface area contributed by atoms with Gasteiger partial charge in [-0.15, -0.1) is 0 Å². The first-order chi connectivity index (χ1) is 8.65. The third-order valence-electron chi connectivity index (χ3n) is 3.02. The molecule has 1 rings (SSSR count). The minimum atomic E-state index is -0.0403. The second-order valence-electron chi connectivity index (χ2n) is 4.11. The van der Waals surface area contributed by atoms with Crippen LogP contribution in [0.25, 0.3) is 0 Å². The molecule has 0 atom stereocenters. The van der Waals surface area contributed by atoms with Crippen molar-refractivity contribution in [2.75, 3.05) is 20.2 Å². The molecule has 0 aromatic heterocycles. The van der Waals surface area contributed by atoms with E-state index in [9.17, 15) is 4.79 Å². The van der Waals surface area contributed by atoms with Crippen LogP contribution in [0.2, 0.25) is 0 Å². The Morgan fingerprint density at radius 1 is 1.39 bits per heavy atom. The average molecular weight is 250 g/mol. The van der Waals surface area contributed by atoms with Crippen molar-refractivity contribution in [3.05, 3.63) is 29.3 Å². The van der Waals surface area contributed by atoms with E-state index in [1.807, 2.05) is 19.1 Å². The van der Waals surface area contributed by atoms with Crippen molar-refractivity contribution in [2.45, 2.75) is 26.8 Å². The molecule has 0 saturated heterocycles. The minimum absolute atomic E-state index is 0.0403. The first-order valence-corrected chi connectivity index (χ1v) is 6.29. The summed E-state index contributed by atoms with van der Waals surface area (Å²) in [5.74, 6) is 0.775. The maximum atomic E-state index is 11.7. The summed E-state index contributed by atoms with van der Waals surface area (Å²) in [5.41, 5.74) is 7.67. The van der Waals surface area contributed by atoms with Crippen molar-refractivity contribution < 1.29 is 9.53 Å². The first kappa shape index (κ1) is 14.5. The SMILES string of the molecule is CCc1ccc(OC)c(CN(CC)C(=O)CN)c1. The van der Waals surface area contributed by atoms with E-state index in [-0.39, 0.29) is 12.5 Å². The van der Waals surface area contributed by atoms with E-state index in [0.29, 0.717) is 13.1 Å². The molecule has 0 aliphatic heterocycles. The number of ether oxygens (including phenoxy) is 1. The van der Waals surface area contributed by atoms with Gasteiger partial charge in [-0.25, -0.2) is 0 Å². The predicted octanol–water partition coefficient (Wildman–Crippen LogP) is 1.56. The molecule has 0 unspecified atom stereocenters. The lowest BCUT2D eigenvalue weighted by molar-refractivity contribution is -0.130. The molecule has 0 aliphatic carbocycles. The van der Waals surface area contributed by atoms with Gasteiger partial charge in [-0.05, 0) is 25.0 Å². The molecule has 0 radical (unpaired) electrons. The lowest BCUT2D eigenvalue weighted by atomic mass is 10.1. The van der Waals surface area contributed by atoms with E-state index in [1.165, 1.54) is 5.56 Å². The van der Waals surface area contributed by atoms with Gasteiger partial charge in [0.1, 0.15) is 5.75 Å². The molecule has 0 saturated carbocycles.